The molecule has 1 unspecified atom stereocenters. The van der Waals surface area contributed by atoms with Crippen molar-refractivity contribution in [3.05, 3.63) is 22.4 Å². The van der Waals surface area contributed by atoms with Crippen molar-refractivity contribution in [2.45, 2.75) is 52.5 Å². The first-order chi connectivity index (χ1) is 10.4. The molecule has 0 saturated carbocycles. The van der Waals surface area contributed by atoms with Crippen LogP contribution in [-0.2, 0) is 9.59 Å². The zero-order valence-electron chi connectivity index (χ0n) is 13.7. The van der Waals surface area contributed by atoms with Gasteiger partial charge in [0.05, 0.1) is 6.04 Å². The molecule has 1 aromatic heterocycles. The van der Waals surface area contributed by atoms with E-state index in [2.05, 4.69) is 16.8 Å². The average Bonchev–Trinajstić information content (AvgIpc) is 3.10. The Morgan fingerprint density at radius 2 is 2.18 bits per heavy atom. The van der Waals surface area contributed by atoms with E-state index >= 15 is 0 Å². The quantitative estimate of drug-likeness (QED) is 0.845. The summed E-state index contributed by atoms with van der Waals surface area (Å²) in [4.78, 5) is 27.5. The highest BCUT2D eigenvalue weighted by molar-refractivity contribution is 7.10. The molecule has 1 aliphatic heterocycles. The molecule has 2 rings (SSSR count). The standard InChI is InChI=1S/C17H26N2O2S/c1-17(2,3)16(21)18-10-4-9-15(20)19-11-5-7-13(19)14-8-6-12-22-14/h6,8,12-13H,4-5,7,9-11H2,1-3H3,(H,18,21). The Hall–Kier alpha value is -1.36. The Morgan fingerprint density at radius 1 is 1.41 bits per heavy atom. The van der Waals surface area contributed by atoms with E-state index in [1.165, 1.54) is 4.88 Å². The maximum Gasteiger partial charge on any atom is 0.225 e. The zero-order valence-corrected chi connectivity index (χ0v) is 14.5. The second-order valence-corrected chi connectivity index (χ2v) is 7.85. The summed E-state index contributed by atoms with van der Waals surface area (Å²) < 4.78 is 0. The Kier molecular flexibility index (Phi) is 5.62. The van der Waals surface area contributed by atoms with E-state index < -0.39 is 0 Å². The molecule has 1 aliphatic rings. The zero-order chi connectivity index (χ0) is 16.2. The minimum absolute atomic E-state index is 0.0394. The van der Waals surface area contributed by atoms with Crippen LogP contribution in [0.15, 0.2) is 17.5 Å². The number of hydrogen-bond donors (Lipinski definition) is 1. The third kappa shape index (κ3) is 4.32. The molecule has 0 radical (unpaired) electrons. The van der Waals surface area contributed by atoms with Crippen LogP contribution in [0.3, 0.4) is 0 Å². The molecule has 2 amide bonds. The molecule has 122 valence electrons. The van der Waals surface area contributed by atoms with E-state index in [1.807, 2.05) is 31.7 Å². The van der Waals surface area contributed by atoms with Crippen molar-refractivity contribution < 1.29 is 9.59 Å². The Morgan fingerprint density at radius 3 is 2.82 bits per heavy atom. The van der Waals surface area contributed by atoms with Crippen molar-refractivity contribution in [2.24, 2.45) is 5.41 Å². The fourth-order valence-corrected chi connectivity index (χ4v) is 3.57. The van der Waals surface area contributed by atoms with Crippen molar-refractivity contribution in [1.29, 1.82) is 0 Å². The molecule has 5 heteroatoms. The van der Waals surface area contributed by atoms with Crippen LogP contribution in [0.4, 0.5) is 0 Å². The van der Waals surface area contributed by atoms with Gasteiger partial charge < -0.3 is 10.2 Å². The summed E-state index contributed by atoms with van der Waals surface area (Å²) in [5.74, 6) is 0.249. The van der Waals surface area contributed by atoms with Gasteiger partial charge in [-0.05, 0) is 30.7 Å². The van der Waals surface area contributed by atoms with Gasteiger partial charge in [-0.3, -0.25) is 9.59 Å². The van der Waals surface area contributed by atoms with Gasteiger partial charge in [0, 0.05) is 29.8 Å². The molecule has 0 bridgehead atoms. The minimum atomic E-state index is -0.372. The number of thiophene rings is 1. The van der Waals surface area contributed by atoms with Gasteiger partial charge in [0.2, 0.25) is 11.8 Å². The third-order valence-electron chi connectivity index (χ3n) is 3.98. The number of likely N-dealkylation sites (tertiary alicyclic amines) is 1. The number of nitrogens with zero attached hydrogens (tertiary/aromatic N) is 1. The molecular formula is C17H26N2O2S. The molecule has 1 N–H and O–H groups in total. The first kappa shape index (κ1) is 17.0. The number of rotatable bonds is 5. The van der Waals surface area contributed by atoms with Gasteiger partial charge in [0.1, 0.15) is 0 Å². The molecule has 1 fully saturated rings. The van der Waals surface area contributed by atoms with Gasteiger partial charge >= 0.3 is 0 Å². The van der Waals surface area contributed by atoms with Gasteiger partial charge in [0.15, 0.2) is 0 Å². The summed E-state index contributed by atoms with van der Waals surface area (Å²) >= 11 is 1.73. The van der Waals surface area contributed by atoms with Crippen molar-refractivity contribution in [1.82, 2.24) is 10.2 Å². The molecule has 2 heterocycles. The first-order valence-electron chi connectivity index (χ1n) is 8.01. The topological polar surface area (TPSA) is 49.4 Å². The van der Waals surface area contributed by atoms with Gasteiger partial charge in [0.25, 0.3) is 0 Å². The van der Waals surface area contributed by atoms with Crippen LogP contribution in [0.1, 0.15) is 57.4 Å². The lowest BCUT2D eigenvalue weighted by Gasteiger charge is -2.24. The molecule has 1 saturated heterocycles. The van der Waals surface area contributed by atoms with Crippen molar-refractivity contribution in [3.8, 4) is 0 Å². The minimum Gasteiger partial charge on any atom is -0.356 e. The monoisotopic (exact) mass is 322 g/mol. The molecular weight excluding hydrogens is 296 g/mol. The summed E-state index contributed by atoms with van der Waals surface area (Å²) in [7, 11) is 0. The van der Waals surface area contributed by atoms with Crippen LogP contribution < -0.4 is 5.32 Å². The highest BCUT2D eigenvalue weighted by atomic mass is 32.1. The maximum atomic E-state index is 12.4. The summed E-state index contributed by atoms with van der Waals surface area (Å²) in [5, 5.41) is 4.97. The van der Waals surface area contributed by atoms with Crippen molar-refractivity contribution in [2.75, 3.05) is 13.1 Å². The molecule has 0 aliphatic carbocycles. The molecule has 4 nitrogen and oxygen atoms in total. The van der Waals surface area contributed by atoms with Crippen LogP contribution in [0, 0.1) is 5.41 Å². The summed E-state index contributed by atoms with van der Waals surface area (Å²) in [6.07, 6.45) is 3.35. The Labute approximate surface area is 136 Å². The number of hydrogen-bond acceptors (Lipinski definition) is 3. The predicted octanol–water partition coefficient (Wildman–Crippen LogP) is 3.35. The van der Waals surface area contributed by atoms with Gasteiger partial charge in [-0.1, -0.05) is 26.8 Å². The lowest BCUT2D eigenvalue weighted by molar-refractivity contribution is -0.132. The van der Waals surface area contributed by atoms with Crippen molar-refractivity contribution >= 4 is 23.2 Å². The highest BCUT2D eigenvalue weighted by Crippen LogP contribution is 2.34. The summed E-state index contributed by atoms with van der Waals surface area (Å²) in [5.41, 5.74) is -0.372. The lowest BCUT2D eigenvalue weighted by atomic mass is 9.96. The Balaban J connectivity index is 1.76. The fraction of sp³-hybridized carbons (Fsp3) is 0.647. The molecule has 1 aromatic rings. The largest absolute Gasteiger partial charge is 0.356 e. The number of carbonyl (C=O) groups is 2. The van der Waals surface area contributed by atoms with E-state index in [-0.39, 0.29) is 23.3 Å². The first-order valence-corrected chi connectivity index (χ1v) is 8.89. The fourth-order valence-electron chi connectivity index (χ4n) is 2.69. The smallest absolute Gasteiger partial charge is 0.225 e. The van der Waals surface area contributed by atoms with Crippen LogP contribution in [-0.4, -0.2) is 29.8 Å². The Bertz CT molecular complexity index is 505. The summed E-state index contributed by atoms with van der Waals surface area (Å²) in [6.45, 7) is 7.10. The molecule has 1 atom stereocenters. The summed E-state index contributed by atoms with van der Waals surface area (Å²) in [6, 6.07) is 4.42. The van der Waals surface area contributed by atoms with Gasteiger partial charge in [-0.15, -0.1) is 11.3 Å². The maximum absolute atomic E-state index is 12.4. The second-order valence-electron chi connectivity index (χ2n) is 6.87. The van der Waals surface area contributed by atoms with Crippen LogP contribution in [0.2, 0.25) is 0 Å². The van der Waals surface area contributed by atoms with Crippen molar-refractivity contribution in [3.63, 3.8) is 0 Å². The van der Waals surface area contributed by atoms with E-state index in [9.17, 15) is 9.59 Å². The number of carbonyl (C=O) groups excluding carboxylic acids is 2. The highest BCUT2D eigenvalue weighted by Gasteiger charge is 2.30. The van der Waals surface area contributed by atoms with Crippen LogP contribution >= 0.6 is 11.3 Å². The van der Waals surface area contributed by atoms with E-state index in [0.717, 1.165) is 19.4 Å². The third-order valence-corrected chi connectivity index (χ3v) is 4.95. The van der Waals surface area contributed by atoms with Gasteiger partial charge in [-0.2, -0.15) is 0 Å². The van der Waals surface area contributed by atoms with Crippen LogP contribution in [0.5, 0.6) is 0 Å². The molecule has 0 spiro atoms. The number of amides is 2. The van der Waals surface area contributed by atoms with E-state index in [4.69, 9.17) is 0 Å². The number of nitrogens with one attached hydrogen (secondary N) is 1. The second kappa shape index (κ2) is 7.27. The lowest BCUT2D eigenvalue weighted by Crippen LogP contribution is -2.36. The normalized spacial score (nSPS) is 18.5. The molecule has 22 heavy (non-hydrogen) atoms. The average molecular weight is 322 g/mol. The van der Waals surface area contributed by atoms with Crippen LogP contribution in [0.25, 0.3) is 0 Å². The van der Waals surface area contributed by atoms with E-state index in [1.54, 1.807) is 11.3 Å². The molecule has 0 aromatic carbocycles. The SMILES string of the molecule is CC(C)(C)C(=O)NCCCC(=O)N1CCCC1c1cccs1. The van der Waals surface area contributed by atoms with E-state index in [0.29, 0.717) is 19.4 Å². The van der Waals surface area contributed by atoms with Gasteiger partial charge in [-0.25, -0.2) is 0 Å². The predicted molar refractivity (Wildman–Crippen MR) is 89.7 cm³/mol.